The van der Waals surface area contributed by atoms with Crippen molar-refractivity contribution >= 4 is 5.78 Å². The van der Waals surface area contributed by atoms with Gasteiger partial charge in [-0.2, -0.15) is 0 Å². The van der Waals surface area contributed by atoms with Gasteiger partial charge in [0.25, 0.3) is 0 Å². The van der Waals surface area contributed by atoms with E-state index in [4.69, 9.17) is 0 Å². The molecule has 16 heavy (non-hydrogen) atoms. The maximum Gasteiger partial charge on any atom is 0.151 e. The fourth-order valence-electron chi connectivity index (χ4n) is 1.76. The lowest BCUT2D eigenvalue weighted by molar-refractivity contribution is -0.135. The van der Waals surface area contributed by atoms with E-state index in [1.165, 1.54) is 6.92 Å². The van der Waals surface area contributed by atoms with Crippen LogP contribution in [-0.2, 0) is 10.5 Å². The molecule has 88 valence electrons. The number of benzene rings is 1. The predicted octanol–water partition coefficient (Wildman–Crippen LogP) is 1.68. The summed E-state index contributed by atoms with van der Waals surface area (Å²) < 4.78 is 0. The Morgan fingerprint density at radius 1 is 1.44 bits per heavy atom. The largest absolute Gasteiger partial charge is 0.371 e. The van der Waals surface area contributed by atoms with Crippen LogP contribution in [0.4, 0.5) is 0 Å². The van der Waals surface area contributed by atoms with E-state index in [2.05, 4.69) is 0 Å². The lowest BCUT2D eigenvalue weighted by atomic mass is 9.95. The second-order valence-electron chi connectivity index (χ2n) is 4.46. The first-order valence-electron chi connectivity index (χ1n) is 5.32. The van der Waals surface area contributed by atoms with E-state index in [1.54, 1.807) is 19.0 Å². The van der Waals surface area contributed by atoms with E-state index in [0.717, 1.165) is 11.1 Å². The highest BCUT2D eigenvalue weighted by molar-refractivity contribution is 5.76. The van der Waals surface area contributed by atoms with Crippen molar-refractivity contribution < 1.29 is 9.90 Å². The number of carbonyl (C=O) groups is 1. The summed E-state index contributed by atoms with van der Waals surface area (Å²) in [6.45, 7) is 3.46. The lowest BCUT2D eigenvalue weighted by Gasteiger charge is -2.34. The van der Waals surface area contributed by atoms with Crippen LogP contribution < -0.4 is 0 Å². The molecule has 0 bridgehead atoms. The van der Waals surface area contributed by atoms with Gasteiger partial charge in [-0.15, -0.1) is 0 Å². The monoisotopic (exact) mass is 221 g/mol. The van der Waals surface area contributed by atoms with Crippen LogP contribution in [0.15, 0.2) is 24.3 Å². The normalized spacial score (nSPS) is 14.9. The summed E-state index contributed by atoms with van der Waals surface area (Å²) in [5.41, 5.74) is 0.617. The van der Waals surface area contributed by atoms with Gasteiger partial charge in [-0.1, -0.05) is 29.8 Å². The number of nitrogens with zero attached hydrogens (tertiary/aromatic N) is 1. The van der Waals surface area contributed by atoms with Crippen molar-refractivity contribution in [2.24, 2.45) is 0 Å². The topological polar surface area (TPSA) is 40.5 Å². The van der Waals surface area contributed by atoms with Crippen molar-refractivity contribution in [3.8, 4) is 0 Å². The SMILES string of the molecule is CC(=O)CC(O)(c1cccc(C)c1)N(C)C. The van der Waals surface area contributed by atoms with Crippen LogP contribution in [0.1, 0.15) is 24.5 Å². The quantitative estimate of drug-likeness (QED) is 0.786. The molecule has 0 spiro atoms. The van der Waals surface area contributed by atoms with Crippen LogP contribution in [-0.4, -0.2) is 29.9 Å². The molecule has 1 atom stereocenters. The van der Waals surface area contributed by atoms with Gasteiger partial charge in [0.1, 0.15) is 5.78 Å². The molecule has 1 rings (SSSR count). The van der Waals surface area contributed by atoms with Gasteiger partial charge in [-0.25, -0.2) is 0 Å². The third-order valence-corrected chi connectivity index (χ3v) is 2.72. The summed E-state index contributed by atoms with van der Waals surface area (Å²) in [5.74, 6) is -0.0299. The number of Topliss-reactive ketones (excluding diaryl/α,β-unsaturated/α-hetero) is 1. The van der Waals surface area contributed by atoms with Gasteiger partial charge in [0.05, 0.1) is 6.42 Å². The van der Waals surface area contributed by atoms with E-state index in [0.29, 0.717) is 0 Å². The molecule has 1 N–H and O–H groups in total. The van der Waals surface area contributed by atoms with Gasteiger partial charge >= 0.3 is 0 Å². The number of hydrogen-bond donors (Lipinski definition) is 1. The highest BCUT2D eigenvalue weighted by Gasteiger charge is 2.33. The zero-order chi connectivity index (χ0) is 12.3. The lowest BCUT2D eigenvalue weighted by Crippen LogP contribution is -2.42. The Balaban J connectivity index is 3.16. The molecule has 0 saturated carbocycles. The molecule has 1 aromatic rings. The molecule has 0 radical (unpaired) electrons. The zero-order valence-corrected chi connectivity index (χ0v) is 10.3. The van der Waals surface area contributed by atoms with Crippen molar-refractivity contribution in [3.63, 3.8) is 0 Å². The molecule has 0 fully saturated rings. The molecule has 3 nitrogen and oxygen atoms in total. The molecular weight excluding hydrogens is 202 g/mol. The van der Waals surface area contributed by atoms with Crippen LogP contribution in [0.25, 0.3) is 0 Å². The fourth-order valence-corrected chi connectivity index (χ4v) is 1.76. The molecular formula is C13H19NO2. The molecule has 0 amide bonds. The van der Waals surface area contributed by atoms with Gasteiger partial charge in [0, 0.05) is 0 Å². The smallest absolute Gasteiger partial charge is 0.151 e. The van der Waals surface area contributed by atoms with Gasteiger partial charge in [-0.05, 0) is 33.5 Å². The summed E-state index contributed by atoms with van der Waals surface area (Å²) in [6, 6.07) is 7.60. The first-order chi connectivity index (χ1) is 7.36. The third-order valence-electron chi connectivity index (χ3n) is 2.72. The number of rotatable bonds is 4. The maximum atomic E-state index is 11.2. The van der Waals surface area contributed by atoms with Crippen LogP contribution in [0.2, 0.25) is 0 Å². The van der Waals surface area contributed by atoms with E-state index >= 15 is 0 Å². The molecule has 0 saturated heterocycles. The summed E-state index contributed by atoms with van der Waals surface area (Å²) in [5, 5.41) is 10.6. The first kappa shape index (κ1) is 12.9. The van der Waals surface area contributed by atoms with Crippen molar-refractivity contribution in [2.75, 3.05) is 14.1 Å². The Kier molecular flexibility index (Phi) is 3.83. The first-order valence-corrected chi connectivity index (χ1v) is 5.32. The number of hydrogen-bond acceptors (Lipinski definition) is 3. The number of ketones is 1. The van der Waals surface area contributed by atoms with Crippen molar-refractivity contribution in [1.29, 1.82) is 0 Å². The second kappa shape index (κ2) is 4.76. The van der Waals surface area contributed by atoms with E-state index in [9.17, 15) is 9.90 Å². The van der Waals surface area contributed by atoms with Gasteiger partial charge in [0.15, 0.2) is 5.72 Å². The molecule has 0 aliphatic heterocycles. The Morgan fingerprint density at radius 3 is 2.50 bits per heavy atom. The number of aliphatic hydroxyl groups is 1. The minimum Gasteiger partial charge on any atom is -0.371 e. The minimum atomic E-state index is -1.21. The Labute approximate surface area is 96.7 Å². The Hall–Kier alpha value is -1.19. The average Bonchev–Trinajstić information content (AvgIpc) is 2.16. The number of carbonyl (C=O) groups excluding carboxylic acids is 1. The number of aryl methyl sites for hydroxylation is 1. The minimum absolute atomic E-state index is 0.0299. The Bertz CT molecular complexity index is 387. The van der Waals surface area contributed by atoms with Gasteiger partial charge in [-0.3, -0.25) is 9.69 Å². The second-order valence-corrected chi connectivity index (χ2v) is 4.46. The Morgan fingerprint density at radius 2 is 2.06 bits per heavy atom. The summed E-state index contributed by atoms with van der Waals surface area (Å²) in [6.07, 6.45) is 0.101. The average molecular weight is 221 g/mol. The molecule has 0 aromatic heterocycles. The standard InChI is InChI=1S/C13H19NO2/c1-10-6-5-7-12(8-10)13(16,14(3)4)9-11(2)15/h5-8,16H,9H2,1-4H3. The van der Waals surface area contributed by atoms with E-state index in [-0.39, 0.29) is 12.2 Å². The predicted molar refractivity (Wildman–Crippen MR) is 64.1 cm³/mol. The van der Waals surface area contributed by atoms with Gasteiger partial charge < -0.3 is 5.11 Å². The fraction of sp³-hybridized carbons (Fsp3) is 0.462. The van der Waals surface area contributed by atoms with Crippen LogP contribution in [0.5, 0.6) is 0 Å². The summed E-state index contributed by atoms with van der Waals surface area (Å²) in [7, 11) is 3.54. The molecule has 1 aromatic carbocycles. The van der Waals surface area contributed by atoms with Crippen molar-refractivity contribution in [2.45, 2.75) is 26.0 Å². The molecule has 3 heteroatoms. The van der Waals surface area contributed by atoms with Crippen molar-refractivity contribution in [1.82, 2.24) is 4.90 Å². The van der Waals surface area contributed by atoms with Crippen molar-refractivity contribution in [3.05, 3.63) is 35.4 Å². The zero-order valence-electron chi connectivity index (χ0n) is 10.3. The van der Waals surface area contributed by atoms with E-state index < -0.39 is 5.72 Å². The molecule has 0 aliphatic carbocycles. The van der Waals surface area contributed by atoms with Crippen LogP contribution >= 0.6 is 0 Å². The maximum absolute atomic E-state index is 11.2. The third kappa shape index (κ3) is 2.68. The highest BCUT2D eigenvalue weighted by atomic mass is 16.3. The van der Waals surface area contributed by atoms with Gasteiger partial charge in [0.2, 0.25) is 0 Å². The van der Waals surface area contributed by atoms with Crippen LogP contribution in [0.3, 0.4) is 0 Å². The molecule has 0 aliphatic rings. The summed E-state index contributed by atoms with van der Waals surface area (Å²) in [4.78, 5) is 12.9. The summed E-state index contributed by atoms with van der Waals surface area (Å²) >= 11 is 0. The molecule has 0 heterocycles. The molecule has 1 unspecified atom stereocenters. The van der Waals surface area contributed by atoms with Crippen LogP contribution in [0, 0.1) is 6.92 Å². The highest BCUT2D eigenvalue weighted by Crippen LogP contribution is 2.28. The van der Waals surface area contributed by atoms with E-state index in [1.807, 2.05) is 31.2 Å².